The summed E-state index contributed by atoms with van der Waals surface area (Å²) in [6, 6.07) is 10.9. The normalized spacial score (nSPS) is 12.1. The predicted molar refractivity (Wildman–Crippen MR) is 82.9 cm³/mol. The first-order valence-electron chi connectivity index (χ1n) is 7.08. The van der Waals surface area contributed by atoms with E-state index in [1.54, 1.807) is 12.3 Å². The van der Waals surface area contributed by atoms with Gasteiger partial charge in [0.2, 0.25) is 0 Å². The van der Waals surface area contributed by atoms with Crippen LogP contribution >= 0.6 is 0 Å². The minimum Gasteiger partial charge on any atom is -0.397 e. The predicted octanol–water partition coefficient (Wildman–Crippen LogP) is 1.94. The number of carbonyl (C=O) groups is 1. The van der Waals surface area contributed by atoms with Crippen LogP contribution in [0, 0.1) is 0 Å². The van der Waals surface area contributed by atoms with Gasteiger partial charge in [0.15, 0.2) is 0 Å². The van der Waals surface area contributed by atoms with E-state index in [1.165, 1.54) is 0 Å². The maximum absolute atomic E-state index is 12.2. The molecule has 112 valence electrons. The van der Waals surface area contributed by atoms with Crippen molar-refractivity contribution >= 4 is 11.6 Å². The van der Waals surface area contributed by atoms with Crippen LogP contribution in [0.4, 0.5) is 5.69 Å². The van der Waals surface area contributed by atoms with Crippen LogP contribution in [-0.4, -0.2) is 22.1 Å². The van der Waals surface area contributed by atoms with Crippen molar-refractivity contribution < 1.29 is 9.90 Å². The van der Waals surface area contributed by atoms with Gasteiger partial charge < -0.3 is 20.7 Å². The highest BCUT2D eigenvalue weighted by Crippen LogP contribution is 2.13. The third-order valence-electron chi connectivity index (χ3n) is 3.26. The van der Waals surface area contributed by atoms with Crippen LogP contribution in [0.25, 0.3) is 0 Å². The lowest BCUT2D eigenvalue weighted by Gasteiger charge is -2.13. The number of rotatable bonds is 6. The van der Waals surface area contributed by atoms with Gasteiger partial charge >= 0.3 is 0 Å². The number of aromatic nitrogens is 1. The average Bonchev–Trinajstić information content (AvgIpc) is 2.86. The van der Waals surface area contributed by atoms with Crippen LogP contribution in [0.3, 0.4) is 0 Å². The summed E-state index contributed by atoms with van der Waals surface area (Å²) in [5.41, 5.74) is 7.61. The van der Waals surface area contributed by atoms with Gasteiger partial charge in [-0.25, -0.2) is 0 Å². The number of nitrogens with one attached hydrogen (secondary N) is 1. The van der Waals surface area contributed by atoms with Gasteiger partial charge in [-0.1, -0.05) is 37.3 Å². The molecule has 5 heteroatoms. The topological polar surface area (TPSA) is 80.3 Å². The van der Waals surface area contributed by atoms with Crippen molar-refractivity contribution in [3.63, 3.8) is 0 Å². The number of nitrogens with two attached hydrogens (primary N) is 1. The second-order valence-corrected chi connectivity index (χ2v) is 4.99. The van der Waals surface area contributed by atoms with Gasteiger partial charge in [0.1, 0.15) is 5.69 Å². The lowest BCUT2D eigenvalue weighted by atomic mass is 10.1. The molecular weight excluding hydrogens is 266 g/mol. The number of aliphatic hydroxyl groups excluding tert-OH is 1. The van der Waals surface area contributed by atoms with E-state index in [2.05, 4.69) is 5.32 Å². The van der Waals surface area contributed by atoms with Crippen molar-refractivity contribution in [3.8, 4) is 0 Å². The minimum atomic E-state index is -0.720. The third-order valence-corrected chi connectivity index (χ3v) is 3.26. The molecule has 5 nitrogen and oxygen atoms in total. The third kappa shape index (κ3) is 3.86. The van der Waals surface area contributed by atoms with Crippen LogP contribution < -0.4 is 11.1 Å². The summed E-state index contributed by atoms with van der Waals surface area (Å²) in [4.78, 5) is 12.2. The van der Waals surface area contributed by atoms with Crippen LogP contribution in [0.1, 0.15) is 35.5 Å². The maximum Gasteiger partial charge on any atom is 0.268 e. The molecule has 0 saturated heterocycles. The number of anilines is 1. The number of carbonyl (C=O) groups excluding carboxylic acids is 1. The first kappa shape index (κ1) is 15.1. The number of benzene rings is 1. The number of hydrogen-bond donors (Lipinski definition) is 3. The van der Waals surface area contributed by atoms with Crippen molar-refractivity contribution in [1.82, 2.24) is 9.88 Å². The van der Waals surface area contributed by atoms with Crippen molar-refractivity contribution in [2.75, 3.05) is 12.3 Å². The van der Waals surface area contributed by atoms with Crippen molar-refractivity contribution in [2.24, 2.45) is 0 Å². The highest BCUT2D eigenvalue weighted by molar-refractivity contribution is 5.93. The zero-order valence-corrected chi connectivity index (χ0v) is 12.1. The smallest absolute Gasteiger partial charge is 0.268 e. The van der Waals surface area contributed by atoms with Gasteiger partial charge in [-0.15, -0.1) is 0 Å². The lowest BCUT2D eigenvalue weighted by molar-refractivity contribution is 0.0907. The SMILES string of the molecule is CCCn1cc(N)cc1C(=O)NCC(O)c1ccccc1. The molecule has 0 aliphatic heterocycles. The molecule has 0 saturated carbocycles. The summed E-state index contributed by atoms with van der Waals surface area (Å²) < 4.78 is 1.83. The highest BCUT2D eigenvalue weighted by Gasteiger charge is 2.14. The van der Waals surface area contributed by atoms with E-state index in [9.17, 15) is 9.90 Å². The Labute approximate surface area is 124 Å². The van der Waals surface area contributed by atoms with Gasteiger partial charge in [0.05, 0.1) is 11.8 Å². The fourth-order valence-electron chi connectivity index (χ4n) is 2.22. The Morgan fingerprint density at radius 3 is 2.76 bits per heavy atom. The van der Waals surface area contributed by atoms with E-state index in [-0.39, 0.29) is 12.5 Å². The van der Waals surface area contributed by atoms with Crippen LogP contribution in [-0.2, 0) is 6.54 Å². The standard InChI is InChI=1S/C16H21N3O2/c1-2-8-19-11-13(17)9-14(19)16(21)18-10-15(20)12-6-4-3-5-7-12/h3-7,9,11,15,20H,2,8,10,17H2,1H3,(H,18,21). The molecule has 0 fully saturated rings. The number of aliphatic hydroxyl groups is 1. The molecule has 0 radical (unpaired) electrons. The summed E-state index contributed by atoms with van der Waals surface area (Å²) in [6.07, 6.45) is 1.95. The molecule has 21 heavy (non-hydrogen) atoms. The van der Waals surface area contributed by atoms with E-state index >= 15 is 0 Å². The number of nitrogens with zero attached hydrogens (tertiary/aromatic N) is 1. The van der Waals surface area contributed by atoms with E-state index in [1.807, 2.05) is 41.8 Å². The molecule has 0 aliphatic carbocycles. The highest BCUT2D eigenvalue weighted by atomic mass is 16.3. The molecule has 1 atom stereocenters. The summed E-state index contributed by atoms with van der Waals surface area (Å²) in [7, 11) is 0. The quantitative estimate of drug-likeness (QED) is 0.759. The Kier molecular flexibility index (Phi) is 5.00. The largest absolute Gasteiger partial charge is 0.397 e. The van der Waals surface area contributed by atoms with Gasteiger partial charge in [-0.2, -0.15) is 0 Å². The Bertz CT molecular complexity index is 593. The molecule has 0 spiro atoms. The Morgan fingerprint density at radius 1 is 1.38 bits per heavy atom. The first-order chi connectivity index (χ1) is 10.1. The maximum atomic E-state index is 12.2. The summed E-state index contributed by atoms with van der Waals surface area (Å²) >= 11 is 0. The molecule has 1 unspecified atom stereocenters. The Morgan fingerprint density at radius 2 is 2.10 bits per heavy atom. The molecule has 0 bridgehead atoms. The fourth-order valence-corrected chi connectivity index (χ4v) is 2.22. The lowest BCUT2D eigenvalue weighted by Crippen LogP contribution is -2.30. The second kappa shape index (κ2) is 6.95. The number of amides is 1. The van der Waals surface area contributed by atoms with Crippen LogP contribution in [0.15, 0.2) is 42.6 Å². The zero-order valence-electron chi connectivity index (χ0n) is 12.1. The summed E-state index contributed by atoms with van der Waals surface area (Å²) in [6.45, 7) is 2.94. The second-order valence-electron chi connectivity index (χ2n) is 4.99. The van der Waals surface area contributed by atoms with Gasteiger partial charge in [-0.05, 0) is 18.1 Å². The molecule has 0 aliphatic rings. The number of hydrogen-bond acceptors (Lipinski definition) is 3. The Hall–Kier alpha value is -2.27. The minimum absolute atomic E-state index is 0.167. The summed E-state index contributed by atoms with van der Waals surface area (Å²) in [5.74, 6) is -0.227. The van der Waals surface area contributed by atoms with Crippen LogP contribution in [0.2, 0.25) is 0 Å². The summed E-state index contributed by atoms with van der Waals surface area (Å²) in [5, 5.41) is 12.8. The molecule has 2 rings (SSSR count). The van der Waals surface area contributed by atoms with Crippen LogP contribution in [0.5, 0.6) is 0 Å². The monoisotopic (exact) mass is 287 g/mol. The molecule has 2 aromatic rings. The fraction of sp³-hybridized carbons (Fsp3) is 0.312. The average molecular weight is 287 g/mol. The van der Waals surface area contributed by atoms with Gasteiger partial charge in [-0.3, -0.25) is 4.79 Å². The van der Waals surface area contributed by atoms with Gasteiger partial charge in [0, 0.05) is 19.3 Å². The first-order valence-corrected chi connectivity index (χ1v) is 7.08. The van der Waals surface area contributed by atoms with E-state index in [0.29, 0.717) is 11.4 Å². The van der Waals surface area contributed by atoms with E-state index in [0.717, 1.165) is 18.5 Å². The molecule has 4 N–H and O–H groups in total. The van der Waals surface area contributed by atoms with E-state index in [4.69, 9.17) is 5.73 Å². The molecule has 1 aromatic heterocycles. The van der Waals surface area contributed by atoms with Crippen molar-refractivity contribution in [2.45, 2.75) is 26.0 Å². The number of nitrogen functional groups attached to an aromatic ring is 1. The molecule has 1 heterocycles. The Balaban J connectivity index is 1.99. The zero-order chi connectivity index (χ0) is 15.2. The van der Waals surface area contributed by atoms with E-state index < -0.39 is 6.10 Å². The molecular formula is C16H21N3O2. The number of aryl methyl sites for hydroxylation is 1. The molecule has 1 aromatic carbocycles. The van der Waals surface area contributed by atoms with Crippen molar-refractivity contribution in [3.05, 3.63) is 53.9 Å². The van der Waals surface area contributed by atoms with Crippen molar-refractivity contribution in [1.29, 1.82) is 0 Å². The van der Waals surface area contributed by atoms with Gasteiger partial charge in [0.25, 0.3) is 5.91 Å². The molecule has 1 amide bonds.